The third kappa shape index (κ3) is 2.81. The molecule has 0 radical (unpaired) electrons. The summed E-state index contributed by atoms with van der Waals surface area (Å²) in [5.74, 6) is 0.241. The maximum absolute atomic E-state index is 13.1. The van der Waals surface area contributed by atoms with E-state index in [0.717, 1.165) is 50.3 Å². The van der Waals surface area contributed by atoms with Gasteiger partial charge in [0.1, 0.15) is 6.54 Å². The quantitative estimate of drug-likeness (QED) is 0.785. The Morgan fingerprint density at radius 2 is 1.85 bits per heavy atom. The Morgan fingerprint density at radius 1 is 1.04 bits per heavy atom. The van der Waals surface area contributed by atoms with Crippen molar-refractivity contribution in [2.45, 2.75) is 31.7 Å². The number of hydrogen-bond donors (Lipinski definition) is 1. The Kier molecular flexibility index (Phi) is 4.47. The van der Waals surface area contributed by atoms with Crippen LogP contribution in [0.2, 0.25) is 0 Å². The van der Waals surface area contributed by atoms with E-state index < -0.39 is 0 Å². The molecular weight excluding hydrogens is 340 g/mol. The maximum atomic E-state index is 13.1. The van der Waals surface area contributed by atoms with Gasteiger partial charge in [-0.2, -0.15) is 0 Å². The topological polar surface area (TPSA) is 47.0 Å². The van der Waals surface area contributed by atoms with Gasteiger partial charge in [0, 0.05) is 44.8 Å². The van der Waals surface area contributed by atoms with Crippen molar-refractivity contribution in [1.29, 1.82) is 0 Å². The van der Waals surface area contributed by atoms with Gasteiger partial charge in [0.05, 0.1) is 25.6 Å². The molecule has 4 heterocycles. The summed E-state index contributed by atoms with van der Waals surface area (Å²) in [6, 6.07) is 10.9. The molecule has 146 valence electrons. The minimum absolute atomic E-state index is 0.0319. The fraction of sp³-hybridized carbons (Fsp3) is 0.667. The first kappa shape index (κ1) is 17.6. The van der Waals surface area contributed by atoms with Gasteiger partial charge < -0.3 is 14.5 Å². The molecule has 5 rings (SSSR count). The van der Waals surface area contributed by atoms with E-state index in [0.29, 0.717) is 12.6 Å². The van der Waals surface area contributed by atoms with Gasteiger partial charge in [-0.25, -0.2) is 4.90 Å². The van der Waals surface area contributed by atoms with E-state index in [1.165, 1.54) is 18.5 Å². The van der Waals surface area contributed by atoms with Crippen molar-refractivity contribution in [1.82, 2.24) is 14.7 Å². The molecule has 4 aliphatic heterocycles. The molecule has 0 aliphatic carbocycles. The van der Waals surface area contributed by atoms with Crippen LogP contribution in [0.15, 0.2) is 30.3 Å². The predicted octanol–water partition coefficient (Wildman–Crippen LogP) is 0.531. The molecule has 1 aromatic rings. The predicted molar refractivity (Wildman–Crippen MR) is 102 cm³/mol. The monoisotopic (exact) mass is 371 g/mol. The Bertz CT molecular complexity index is 699. The van der Waals surface area contributed by atoms with Gasteiger partial charge >= 0.3 is 0 Å². The normalized spacial score (nSPS) is 36.6. The highest BCUT2D eigenvalue weighted by atomic mass is 16.3. The molecule has 4 unspecified atom stereocenters. The average Bonchev–Trinajstić information content (AvgIpc) is 2.69. The minimum Gasteiger partial charge on any atom is -0.396 e. The van der Waals surface area contributed by atoms with E-state index in [-0.39, 0.29) is 24.6 Å². The lowest BCUT2D eigenvalue weighted by Gasteiger charge is -2.65. The minimum atomic E-state index is -0.0319. The molecule has 4 aliphatic rings. The number of carbonyl (C=O) groups is 1. The van der Waals surface area contributed by atoms with Crippen LogP contribution < -0.4 is 0 Å². The summed E-state index contributed by atoms with van der Waals surface area (Å²) >= 11 is 0. The molecule has 1 aromatic carbocycles. The van der Waals surface area contributed by atoms with Crippen LogP contribution in [0.1, 0.15) is 18.4 Å². The van der Waals surface area contributed by atoms with Crippen molar-refractivity contribution in [3.05, 3.63) is 35.9 Å². The zero-order valence-corrected chi connectivity index (χ0v) is 16.0. The van der Waals surface area contributed by atoms with Crippen molar-refractivity contribution in [3.8, 4) is 0 Å². The second-order valence-electron chi connectivity index (χ2n) is 8.76. The van der Waals surface area contributed by atoms with Crippen LogP contribution in [0.5, 0.6) is 0 Å². The number of hydrogen-bond acceptors (Lipinski definition) is 4. The highest BCUT2D eigenvalue weighted by Crippen LogP contribution is 2.40. The highest BCUT2D eigenvalue weighted by molar-refractivity contribution is 5.80. The van der Waals surface area contributed by atoms with E-state index in [1.807, 2.05) is 0 Å². The first-order chi connectivity index (χ1) is 13.2. The smallest absolute Gasteiger partial charge is 0.228 e. The number of benzene rings is 1. The highest BCUT2D eigenvalue weighted by Gasteiger charge is 2.60. The van der Waals surface area contributed by atoms with Crippen LogP contribution in [0, 0.1) is 5.92 Å². The van der Waals surface area contributed by atoms with E-state index in [2.05, 4.69) is 45.0 Å². The largest absolute Gasteiger partial charge is 0.396 e. The molecule has 6 heteroatoms. The molecule has 4 saturated heterocycles. The number of quaternary nitrogens is 1. The molecule has 6 nitrogen and oxygen atoms in total. The van der Waals surface area contributed by atoms with E-state index >= 15 is 0 Å². The third-order valence-electron chi connectivity index (χ3n) is 7.31. The summed E-state index contributed by atoms with van der Waals surface area (Å²) < 4.78 is 1.10. The van der Waals surface area contributed by atoms with Crippen LogP contribution in [-0.4, -0.2) is 94.9 Å². The molecule has 27 heavy (non-hydrogen) atoms. The fourth-order valence-electron chi connectivity index (χ4n) is 6.14. The second kappa shape index (κ2) is 6.85. The standard InChI is InChI=1S/C21H31N4O2/c26-14-7-18-15-23-10-9-22-8-4-12-25(16-17-5-2-1-3-6-17)13-11-24(21(18)27)19(23)20(22)25/h1-3,5-6,18-20,26H,4,7-16H2/q+1. The molecule has 0 aromatic heterocycles. The Morgan fingerprint density at radius 3 is 2.67 bits per heavy atom. The average molecular weight is 372 g/mol. The molecular formula is C21H31N4O2+. The van der Waals surface area contributed by atoms with Gasteiger partial charge in [0.25, 0.3) is 0 Å². The van der Waals surface area contributed by atoms with Gasteiger partial charge in [-0.3, -0.25) is 9.69 Å². The number of piperazine rings is 2. The molecule has 4 atom stereocenters. The summed E-state index contributed by atoms with van der Waals surface area (Å²) in [6.45, 7) is 8.38. The van der Waals surface area contributed by atoms with Crippen molar-refractivity contribution in [2.24, 2.45) is 5.92 Å². The first-order valence-electron chi connectivity index (χ1n) is 10.5. The fourth-order valence-corrected chi connectivity index (χ4v) is 6.14. The summed E-state index contributed by atoms with van der Waals surface area (Å²) in [5, 5.41) is 9.39. The number of amides is 1. The number of carbonyl (C=O) groups excluding carboxylic acids is 1. The van der Waals surface area contributed by atoms with Crippen LogP contribution in [-0.2, 0) is 11.3 Å². The lowest BCUT2D eigenvalue weighted by molar-refractivity contribution is -0.989. The summed E-state index contributed by atoms with van der Waals surface area (Å²) in [4.78, 5) is 20.5. The third-order valence-corrected chi connectivity index (χ3v) is 7.31. The Hall–Kier alpha value is -1.47. The molecule has 0 spiro atoms. The van der Waals surface area contributed by atoms with Gasteiger partial charge in [0.2, 0.25) is 5.91 Å². The summed E-state index contributed by atoms with van der Waals surface area (Å²) in [5.41, 5.74) is 1.41. The summed E-state index contributed by atoms with van der Waals surface area (Å²) in [6.07, 6.45) is 2.44. The van der Waals surface area contributed by atoms with E-state index in [1.54, 1.807) is 0 Å². The number of aliphatic hydroxyl groups is 1. The zero-order valence-electron chi connectivity index (χ0n) is 16.0. The van der Waals surface area contributed by atoms with Crippen LogP contribution >= 0.6 is 0 Å². The maximum Gasteiger partial charge on any atom is 0.228 e. The molecule has 1 amide bonds. The van der Waals surface area contributed by atoms with Crippen LogP contribution in [0.3, 0.4) is 0 Å². The van der Waals surface area contributed by atoms with E-state index in [4.69, 9.17) is 0 Å². The lowest BCUT2D eigenvalue weighted by Crippen LogP contribution is -2.84. The molecule has 0 saturated carbocycles. The number of nitrogens with zero attached hydrogens (tertiary/aromatic N) is 4. The Labute approximate surface area is 161 Å². The molecule has 4 fully saturated rings. The van der Waals surface area contributed by atoms with Crippen LogP contribution in [0.25, 0.3) is 0 Å². The number of aliphatic hydroxyl groups excluding tert-OH is 1. The first-order valence-corrected chi connectivity index (χ1v) is 10.5. The van der Waals surface area contributed by atoms with E-state index in [9.17, 15) is 9.90 Å². The van der Waals surface area contributed by atoms with Crippen molar-refractivity contribution in [2.75, 3.05) is 52.4 Å². The SMILES string of the molecule is O=C1C(CCO)CN2CCN3CCC[N+]4(Cc5ccccc5)CCN1C2C34. The van der Waals surface area contributed by atoms with Crippen molar-refractivity contribution >= 4 is 5.91 Å². The van der Waals surface area contributed by atoms with Gasteiger partial charge in [-0.05, 0) is 6.42 Å². The Balaban J connectivity index is 1.49. The summed E-state index contributed by atoms with van der Waals surface area (Å²) in [7, 11) is 0. The number of rotatable bonds is 4. The van der Waals surface area contributed by atoms with Gasteiger partial charge in [-0.15, -0.1) is 0 Å². The van der Waals surface area contributed by atoms with Gasteiger partial charge in [-0.1, -0.05) is 30.3 Å². The molecule has 0 bridgehead atoms. The lowest BCUT2D eigenvalue weighted by atomic mass is 9.91. The van der Waals surface area contributed by atoms with Gasteiger partial charge in [0.15, 0.2) is 12.3 Å². The van der Waals surface area contributed by atoms with Crippen molar-refractivity contribution < 1.29 is 14.4 Å². The van der Waals surface area contributed by atoms with Crippen LogP contribution in [0.4, 0.5) is 0 Å². The molecule has 1 N–H and O–H groups in total. The zero-order chi connectivity index (χ0) is 18.4. The second-order valence-corrected chi connectivity index (χ2v) is 8.76. The van der Waals surface area contributed by atoms with Crippen molar-refractivity contribution in [3.63, 3.8) is 0 Å².